The van der Waals surface area contributed by atoms with Crippen molar-refractivity contribution < 1.29 is 73.2 Å². The zero-order valence-electron chi connectivity index (χ0n) is 46.1. The van der Waals surface area contributed by atoms with E-state index in [1.165, 1.54) is 62.2 Å². The second kappa shape index (κ2) is 29.9. The van der Waals surface area contributed by atoms with Gasteiger partial charge in [-0.15, -0.1) is 0 Å². The van der Waals surface area contributed by atoms with E-state index < -0.39 is 103 Å². The Hall–Kier alpha value is -7.02. The van der Waals surface area contributed by atoms with Gasteiger partial charge in [-0.2, -0.15) is 36.5 Å². The molecular formula is C55H59B3BrF8N9O8S. The Morgan fingerprint density at radius 2 is 1.14 bits per heavy atom. The Morgan fingerprint density at radius 3 is 1.60 bits per heavy atom. The van der Waals surface area contributed by atoms with E-state index in [0.717, 1.165) is 40.1 Å². The number of hydrazone groups is 2. The van der Waals surface area contributed by atoms with Crippen LogP contribution in [0, 0.1) is 18.6 Å². The van der Waals surface area contributed by atoms with Crippen molar-refractivity contribution >= 4 is 98.6 Å². The van der Waals surface area contributed by atoms with E-state index in [-0.39, 0.29) is 46.2 Å². The summed E-state index contributed by atoms with van der Waals surface area (Å²) in [7, 11) is -7.03. The summed E-state index contributed by atoms with van der Waals surface area (Å²) in [6.07, 6.45) is -9.17. The second-order valence-electron chi connectivity index (χ2n) is 19.4. The lowest BCUT2D eigenvalue weighted by atomic mass is 9.80. The molecule has 8 rings (SSSR count). The minimum atomic E-state index is -4.72. The van der Waals surface area contributed by atoms with Crippen LogP contribution in [0.15, 0.2) is 153 Å². The van der Waals surface area contributed by atoms with Gasteiger partial charge in [0, 0.05) is 42.4 Å². The Balaban J connectivity index is 0.000000218. The molecule has 0 bridgehead atoms. The van der Waals surface area contributed by atoms with E-state index in [2.05, 4.69) is 51.9 Å². The number of anilines is 4. The summed E-state index contributed by atoms with van der Waals surface area (Å²) in [6.45, 7) is 7.78. The molecule has 85 heavy (non-hydrogen) atoms. The summed E-state index contributed by atoms with van der Waals surface area (Å²) in [5.41, 5.74) is 1.75. The zero-order valence-corrected chi connectivity index (χ0v) is 48.5. The first-order valence-corrected chi connectivity index (χ1v) is 28.6. The zero-order chi connectivity index (χ0) is 62.4. The molecule has 450 valence electrons. The fourth-order valence-electron chi connectivity index (χ4n) is 8.50. The molecule has 17 nitrogen and oxygen atoms in total. The molecule has 0 aromatic heterocycles. The van der Waals surface area contributed by atoms with Crippen molar-refractivity contribution in [3.05, 3.63) is 166 Å². The maximum absolute atomic E-state index is 14.9. The maximum Gasteiger partial charge on any atom is 0.489 e. The number of benzene rings is 6. The molecule has 2 heterocycles. The quantitative estimate of drug-likeness (QED) is 0.0211. The van der Waals surface area contributed by atoms with Crippen LogP contribution < -0.4 is 41.3 Å². The molecular weight excluding hydrogens is 1210 g/mol. The molecule has 0 saturated heterocycles. The van der Waals surface area contributed by atoms with Gasteiger partial charge in [0.25, 0.3) is 0 Å². The number of rotatable bonds is 19. The van der Waals surface area contributed by atoms with Crippen molar-refractivity contribution in [2.45, 2.75) is 95.6 Å². The van der Waals surface area contributed by atoms with E-state index in [0.29, 0.717) is 27.7 Å². The third kappa shape index (κ3) is 19.0. The third-order valence-corrected chi connectivity index (χ3v) is 14.8. The van der Waals surface area contributed by atoms with Crippen LogP contribution in [0.5, 0.6) is 0 Å². The van der Waals surface area contributed by atoms with Gasteiger partial charge in [-0.25, -0.2) is 21.9 Å². The minimum Gasteiger partial charge on any atom is -0.437 e. The number of halogens is 9. The Kier molecular flexibility index (Phi) is 23.6. The van der Waals surface area contributed by atoms with E-state index in [1.54, 1.807) is 54.6 Å². The van der Waals surface area contributed by atoms with E-state index in [4.69, 9.17) is 10.0 Å². The molecule has 0 fully saturated rings. The van der Waals surface area contributed by atoms with Crippen LogP contribution in [0.4, 0.5) is 57.9 Å². The average molecular weight is 1270 g/mol. The maximum atomic E-state index is 14.9. The van der Waals surface area contributed by atoms with Gasteiger partial charge in [-0.05, 0) is 115 Å². The number of alkyl halides is 6. The Labute approximate surface area is 495 Å². The fourth-order valence-corrected chi connectivity index (χ4v) is 10.1. The van der Waals surface area contributed by atoms with Gasteiger partial charge in [-0.1, -0.05) is 102 Å². The van der Waals surface area contributed by atoms with Crippen LogP contribution in [-0.2, 0) is 32.7 Å². The lowest BCUT2D eigenvalue weighted by molar-refractivity contribution is -0.118. The summed E-state index contributed by atoms with van der Waals surface area (Å²) in [5.74, 6) is -3.08. The second-order valence-corrected chi connectivity index (χ2v) is 22.1. The molecule has 0 radical (unpaired) electrons. The standard InChI is InChI=1S/C26H25BF4N4O2.C19H18BBrF4N4O2.C10H16BNO4S/c1-16-6-3-4-9-20(16)18-10-11-22(21(28)13-18)33-25(36)23-14-24(26(29,30)31)34-35(23)19-8-5-7-17(12-19)15-32-27(2)37;1-20(31)26-10-11-3-2-4-13(7-11)29-16(9-17(28-29)19(23,24)25)18(30)27-15-6-5-12(21)8-14(15)22;1-2-3-8-12-17(15,16)10-7-5-4-6-9(10)11(13)14/h3-13,23,32,37H,14-15H2,1-2H3,(H,33,36);2-8,16,26,31H,9-10H2,1H3,(H,27,30);4-7,12-14H,2-3,8H2,1H3. The third-order valence-electron chi connectivity index (χ3n) is 12.8. The van der Waals surface area contributed by atoms with Crippen molar-refractivity contribution in [2.75, 3.05) is 27.2 Å². The number of nitrogens with one attached hydrogen (secondary N) is 5. The minimum absolute atomic E-state index is 0.0171. The number of nitrogens with zero attached hydrogens (tertiary/aromatic N) is 4. The predicted octanol–water partition coefficient (Wildman–Crippen LogP) is 8.51. The molecule has 0 spiro atoms. The summed E-state index contributed by atoms with van der Waals surface area (Å²) < 4.78 is 136. The van der Waals surface area contributed by atoms with Crippen LogP contribution in [0.25, 0.3) is 11.1 Å². The molecule has 0 aliphatic carbocycles. The van der Waals surface area contributed by atoms with E-state index in [1.807, 2.05) is 38.1 Å². The molecule has 2 atom stereocenters. The van der Waals surface area contributed by atoms with Crippen LogP contribution >= 0.6 is 15.9 Å². The normalized spacial score (nSPS) is 15.0. The monoisotopic (exact) mass is 1270 g/mol. The highest BCUT2D eigenvalue weighted by Gasteiger charge is 2.47. The first-order chi connectivity index (χ1) is 40.1. The first-order valence-electron chi connectivity index (χ1n) is 26.3. The number of carbonyl (C=O) groups excluding carboxylic acids is 2. The SMILES string of the molecule is CB(O)NCc1cccc(N2N=C(C(F)(F)F)CC2C(=O)Nc2ccc(-c3ccccc3C)cc2F)c1.CB(O)NCc1cccc(N2N=C(C(F)(F)F)CC2C(=O)Nc2ccc(Br)cc2F)c1.CCCCNS(=O)(=O)c1ccccc1B(O)O. The molecule has 2 aliphatic rings. The van der Waals surface area contributed by atoms with Crippen molar-refractivity contribution in [3.8, 4) is 11.1 Å². The van der Waals surface area contributed by atoms with E-state index >= 15 is 0 Å². The molecule has 6 aromatic carbocycles. The van der Waals surface area contributed by atoms with Gasteiger partial charge in [0.1, 0.15) is 35.1 Å². The molecule has 9 N–H and O–H groups in total. The molecule has 6 aromatic rings. The fraction of sp³-hybridized carbons (Fsp3) is 0.273. The average Bonchev–Trinajstić information content (AvgIpc) is 3.76. The van der Waals surface area contributed by atoms with Crippen LogP contribution in [0.2, 0.25) is 13.6 Å². The van der Waals surface area contributed by atoms with Crippen molar-refractivity contribution in [3.63, 3.8) is 0 Å². The summed E-state index contributed by atoms with van der Waals surface area (Å²) in [6, 6.07) is 31.7. The Bertz CT molecular complexity index is 3480. The molecule has 2 unspecified atom stereocenters. The molecule has 0 saturated carbocycles. The number of sulfonamides is 1. The largest absolute Gasteiger partial charge is 0.489 e. The van der Waals surface area contributed by atoms with Gasteiger partial charge in [-0.3, -0.25) is 19.6 Å². The van der Waals surface area contributed by atoms with Crippen molar-refractivity contribution in [2.24, 2.45) is 10.2 Å². The lowest BCUT2D eigenvalue weighted by Crippen LogP contribution is -2.39. The van der Waals surface area contributed by atoms with E-state index in [9.17, 15) is 63.2 Å². The smallest absolute Gasteiger partial charge is 0.437 e. The summed E-state index contributed by atoms with van der Waals surface area (Å²) in [5, 5.41) is 56.7. The van der Waals surface area contributed by atoms with Crippen LogP contribution in [0.1, 0.15) is 49.3 Å². The van der Waals surface area contributed by atoms with Gasteiger partial charge in [0.05, 0.1) is 27.6 Å². The number of hydrogen-bond acceptors (Lipinski definition) is 14. The molecule has 2 aliphatic heterocycles. The summed E-state index contributed by atoms with van der Waals surface area (Å²) in [4.78, 5) is 25.8. The van der Waals surface area contributed by atoms with Crippen LogP contribution in [-0.4, -0.2) is 104 Å². The highest BCUT2D eigenvalue weighted by atomic mass is 79.9. The lowest BCUT2D eigenvalue weighted by Gasteiger charge is -2.23. The topological polar surface area (TPSA) is 241 Å². The number of carbonyl (C=O) groups is 2. The predicted molar refractivity (Wildman–Crippen MR) is 317 cm³/mol. The molecule has 2 amide bonds. The highest BCUT2D eigenvalue weighted by molar-refractivity contribution is 9.10. The number of unbranched alkanes of at least 4 members (excludes halogenated alkanes) is 1. The van der Waals surface area contributed by atoms with Crippen LogP contribution in [0.3, 0.4) is 0 Å². The van der Waals surface area contributed by atoms with Gasteiger partial charge in [0.15, 0.2) is 0 Å². The number of aryl methyl sites for hydroxylation is 1. The van der Waals surface area contributed by atoms with Crippen molar-refractivity contribution in [1.29, 1.82) is 0 Å². The Morgan fingerprint density at radius 1 is 0.659 bits per heavy atom. The van der Waals surface area contributed by atoms with Crippen molar-refractivity contribution in [1.82, 2.24) is 15.2 Å². The van der Waals surface area contributed by atoms with Gasteiger partial charge in [0.2, 0.25) is 21.8 Å². The highest BCUT2D eigenvalue weighted by Crippen LogP contribution is 2.35. The number of amides is 2. The molecule has 30 heteroatoms. The van der Waals surface area contributed by atoms with Gasteiger partial charge < -0.3 is 41.2 Å². The number of hydrogen-bond donors (Lipinski definition) is 9. The summed E-state index contributed by atoms with van der Waals surface area (Å²) >= 11 is 3.10. The van der Waals surface area contributed by atoms with Gasteiger partial charge >= 0.3 is 33.6 Å². The first kappa shape index (κ1) is 67.1.